The summed E-state index contributed by atoms with van der Waals surface area (Å²) in [5.41, 5.74) is 3.23. The molecule has 2 fully saturated rings. The minimum absolute atomic E-state index is 0.0385. The van der Waals surface area contributed by atoms with E-state index in [-0.39, 0.29) is 35.3 Å². The lowest BCUT2D eigenvalue weighted by Gasteiger charge is -2.47. The summed E-state index contributed by atoms with van der Waals surface area (Å²) in [6, 6.07) is 15.2. The second-order valence-corrected chi connectivity index (χ2v) is 12.0. The molecular formula is C34H39FN4O4. The molecule has 2 amide bonds. The van der Waals surface area contributed by atoms with E-state index in [2.05, 4.69) is 28.6 Å². The topological polar surface area (TPSA) is 104 Å². The van der Waals surface area contributed by atoms with Gasteiger partial charge in [0.1, 0.15) is 11.4 Å². The zero-order chi connectivity index (χ0) is 30.0. The molecule has 0 radical (unpaired) electrons. The van der Waals surface area contributed by atoms with Gasteiger partial charge in [-0.1, -0.05) is 37.3 Å². The van der Waals surface area contributed by atoms with Crippen LogP contribution in [0.15, 0.2) is 60.8 Å². The number of fused-ring (bicyclic) bond motifs is 1. The average Bonchev–Trinajstić information content (AvgIpc) is 3.44. The van der Waals surface area contributed by atoms with Crippen LogP contribution in [0.3, 0.4) is 0 Å². The molecule has 3 aromatic rings. The third kappa shape index (κ3) is 6.28. The largest absolute Gasteiger partial charge is 0.471 e. The van der Waals surface area contributed by atoms with Gasteiger partial charge < -0.3 is 25.4 Å². The van der Waals surface area contributed by atoms with E-state index < -0.39 is 23.9 Å². The molecule has 0 bridgehead atoms. The number of aliphatic hydroxyl groups excluding tert-OH is 1. The first-order valence-electron chi connectivity index (χ1n) is 15.4. The van der Waals surface area contributed by atoms with Crippen LogP contribution in [0.25, 0.3) is 0 Å². The maximum absolute atomic E-state index is 14.7. The molecule has 1 spiro atoms. The molecule has 8 nitrogen and oxygen atoms in total. The lowest BCUT2D eigenvalue weighted by Crippen LogP contribution is -2.52. The summed E-state index contributed by atoms with van der Waals surface area (Å²) in [4.78, 5) is 31.8. The standard InChI is InChI=1S/C34H39FN4O4/c1-2-22-16-25-28(19-34(13-7-14-34)43-33(25)37-20-22)36-21-30(40)27(17-23-8-4-3-5-9-23)38-32(42)24-11-12-26(35)29(18-24)39-15-6-10-31(39)41/h3-5,8-9,11-12,16,18,20,27-28,30,36,40H,2,6-7,10,13-15,17,19,21H2,1H3,(H,38,42)/t27-,28-,30-/m0/s1. The van der Waals surface area contributed by atoms with Crippen molar-refractivity contribution >= 4 is 17.5 Å². The van der Waals surface area contributed by atoms with Crippen LogP contribution in [0.2, 0.25) is 0 Å². The Hall–Kier alpha value is -3.82. The van der Waals surface area contributed by atoms with Gasteiger partial charge in [0.15, 0.2) is 0 Å². The number of hydrogen-bond acceptors (Lipinski definition) is 6. The first-order valence-corrected chi connectivity index (χ1v) is 15.4. The molecule has 43 heavy (non-hydrogen) atoms. The summed E-state index contributed by atoms with van der Waals surface area (Å²) in [7, 11) is 0. The van der Waals surface area contributed by atoms with Crippen LogP contribution >= 0.6 is 0 Å². The van der Waals surface area contributed by atoms with E-state index in [0.717, 1.165) is 48.8 Å². The molecule has 1 saturated carbocycles. The number of ether oxygens (including phenoxy) is 1. The van der Waals surface area contributed by atoms with Gasteiger partial charge in [-0.15, -0.1) is 0 Å². The van der Waals surface area contributed by atoms with Crippen molar-refractivity contribution in [3.8, 4) is 5.88 Å². The number of anilines is 1. The molecule has 1 saturated heterocycles. The van der Waals surface area contributed by atoms with Crippen molar-refractivity contribution in [3.63, 3.8) is 0 Å². The number of halogens is 1. The number of hydrogen-bond donors (Lipinski definition) is 3. The summed E-state index contributed by atoms with van der Waals surface area (Å²) >= 11 is 0. The predicted octanol–water partition coefficient (Wildman–Crippen LogP) is 4.65. The van der Waals surface area contributed by atoms with E-state index in [4.69, 9.17) is 4.74 Å². The van der Waals surface area contributed by atoms with E-state index in [1.165, 1.54) is 23.1 Å². The Balaban J connectivity index is 1.20. The molecule has 226 valence electrons. The van der Waals surface area contributed by atoms with Gasteiger partial charge in [-0.05, 0) is 73.9 Å². The van der Waals surface area contributed by atoms with Crippen LogP contribution in [0.1, 0.15) is 78.5 Å². The first kappa shape index (κ1) is 29.3. The molecule has 3 aliphatic rings. The minimum atomic E-state index is -0.921. The fourth-order valence-electron chi connectivity index (χ4n) is 6.40. The molecule has 1 aromatic heterocycles. The average molecular weight is 587 g/mol. The second-order valence-electron chi connectivity index (χ2n) is 12.0. The smallest absolute Gasteiger partial charge is 0.251 e. The van der Waals surface area contributed by atoms with Crippen molar-refractivity contribution in [2.75, 3.05) is 18.0 Å². The van der Waals surface area contributed by atoms with E-state index in [9.17, 15) is 19.1 Å². The molecule has 0 unspecified atom stereocenters. The van der Waals surface area contributed by atoms with Crippen LogP contribution in [0, 0.1) is 5.82 Å². The van der Waals surface area contributed by atoms with Crippen molar-refractivity contribution in [2.24, 2.45) is 0 Å². The summed E-state index contributed by atoms with van der Waals surface area (Å²) < 4.78 is 21.0. The highest BCUT2D eigenvalue weighted by Crippen LogP contribution is 2.48. The van der Waals surface area contributed by atoms with Gasteiger partial charge in [0, 0.05) is 49.3 Å². The predicted molar refractivity (Wildman–Crippen MR) is 162 cm³/mol. The van der Waals surface area contributed by atoms with Gasteiger partial charge in [0.2, 0.25) is 11.8 Å². The van der Waals surface area contributed by atoms with E-state index in [0.29, 0.717) is 31.7 Å². The van der Waals surface area contributed by atoms with Gasteiger partial charge in [0.05, 0.1) is 17.8 Å². The number of pyridine rings is 1. The van der Waals surface area contributed by atoms with Crippen LogP contribution in [-0.2, 0) is 17.6 Å². The van der Waals surface area contributed by atoms with Gasteiger partial charge in [-0.3, -0.25) is 9.59 Å². The Morgan fingerprint density at radius 2 is 1.98 bits per heavy atom. The molecule has 2 aliphatic heterocycles. The van der Waals surface area contributed by atoms with Crippen molar-refractivity contribution < 1.29 is 23.8 Å². The highest BCUT2D eigenvalue weighted by Gasteiger charge is 2.46. The number of aromatic nitrogens is 1. The van der Waals surface area contributed by atoms with Gasteiger partial charge in [-0.25, -0.2) is 9.37 Å². The minimum Gasteiger partial charge on any atom is -0.471 e. The first-order chi connectivity index (χ1) is 20.8. The fraction of sp³-hybridized carbons (Fsp3) is 0.441. The number of rotatable bonds is 10. The maximum atomic E-state index is 14.7. The van der Waals surface area contributed by atoms with Crippen molar-refractivity contribution in [3.05, 3.63) is 88.9 Å². The van der Waals surface area contributed by atoms with E-state index in [1.807, 2.05) is 36.5 Å². The van der Waals surface area contributed by atoms with Crippen LogP contribution in [-0.4, -0.2) is 52.7 Å². The highest BCUT2D eigenvalue weighted by molar-refractivity contribution is 5.99. The molecule has 3 atom stereocenters. The summed E-state index contributed by atoms with van der Waals surface area (Å²) in [6.07, 6.45) is 7.13. The third-order valence-corrected chi connectivity index (χ3v) is 9.10. The third-order valence-electron chi connectivity index (χ3n) is 9.10. The monoisotopic (exact) mass is 586 g/mol. The molecule has 1 aliphatic carbocycles. The summed E-state index contributed by atoms with van der Waals surface area (Å²) in [5.74, 6) is -0.472. The van der Waals surface area contributed by atoms with E-state index in [1.54, 1.807) is 0 Å². The second kappa shape index (κ2) is 12.4. The van der Waals surface area contributed by atoms with Gasteiger partial charge in [0.25, 0.3) is 5.91 Å². The van der Waals surface area contributed by atoms with Crippen LogP contribution in [0.4, 0.5) is 10.1 Å². The van der Waals surface area contributed by atoms with Crippen LogP contribution in [0.5, 0.6) is 5.88 Å². The quantitative estimate of drug-likeness (QED) is 0.320. The molecule has 3 heterocycles. The lowest BCUT2D eigenvalue weighted by molar-refractivity contribution is -0.117. The Morgan fingerprint density at radius 3 is 2.67 bits per heavy atom. The zero-order valence-corrected chi connectivity index (χ0v) is 24.5. The molecule has 9 heteroatoms. The zero-order valence-electron chi connectivity index (χ0n) is 24.5. The fourth-order valence-corrected chi connectivity index (χ4v) is 6.40. The van der Waals surface area contributed by atoms with Crippen molar-refractivity contribution in [1.29, 1.82) is 0 Å². The number of carbonyl (C=O) groups excluding carboxylic acids is 2. The highest BCUT2D eigenvalue weighted by atomic mass is 19.1. The van der Waals surface area contributed by atoms with E-state index >= 15 is 0 Å². The molecular weight excluding hydrogens is 547 g/mol. The summed E-state index contributed by atoms with van der Waals surface area (Å²) in [5, 5.41) is 18.1. The normalized spacial score (nSPS) is 20.2. The Labute approximate surface area is 251 Å². The number of aryl methyl sites for hydroxylation is 1. The maximum Gasteiger partial charge on any atom is 0.251 e. The van der Waals surface area contributed by atoms with Crippen LogP contribution < -0.4 is 20.3 Å². The van der Waals surface area contributed by atoms with Crippen molar-refractivity contribution in [1.82, 2.24) is 15.6 Å². The Morgan fingerprint density at radius 1 is 1.16 bits per heavy atom. The van der Waals surface area contributed by atoms with Gasteiger partial charge >= 0.3 is 0 Å². The number of carbonyl (C=O) groups is 2. The molecule has 6 rings (SSSR count). The summed E-state index contributed by atoms with van der Waals surface area (Å²) in [6.45, 7) is 2.76. The SMILES string of the molecule is CCc1cnc2c(c1)[C@@H](NC[C@H](O)[C@H](Cc1ccccc1)NC(=O)c1ccc(F)c(N3CCCC3=O)c1)CC1(CCC1)O2. The number of benzene rings is 2. The number of aliphatic hydroxyl groups is 1. The Bertz CT molecular complexity index is 1480. The molecule has 3 N–H and O–H groups in total. The number of nitrogens with zero attached hydrogens (tertiary/aromatic N) is 2. The molecule has 2 aromatic carbocycles. The van der Waals surface area contributed by atoms with Crippen molar-refractivity contribution in [2.45, 2.75) is 82.1 Å². The number of amides is 2. The number of nitrogens with one attached hydrogen (secondary N) is 2. The Kier molecular flexibility index (Phi) is 8.45. The van der Waals surface area contributed by atoms with Gasteiger partial charge in [-0.2, -0.15) is 0 Å². The lowest BCUT2D eigenvalue weighted by atomic mass is 9.73.